The van der Waals surface area contributed by atoms with Gasteiger partial charge in [0.1, 0.15) is 0 Å². The van der Waals surface area contributed by atoms with Gasteiger partial charge in [0.05, 0.1) is 6.61 Å². The van der Waals surface area contributed by atoms with E-state index in [0.29, 0.717) is 31.4 Å². The minimum absolute atomic E-state index is 0.0455. The number of ether oxygens (including phenoxy) is 1. The maximum atomic E-state index is 11.4. The number of methoxy groups -OCH3 is 1. The molecule has 2 unspecified atom stereocenters. The van der Waals surface area contributed by atoms with Crippen LogP contribution in [0.1, 0.15) is 32.1 Å². The molecule has 0 saturated heterocycles. The smallest absolute Gasteiger partial charge is 0.222 e. The largest absolute Gasteiger partial charge is 0.396 e. The first-order chi connectivity index (χ1) is 7.77. The van der Waals surface area contributed by atoms with Crippen molar-refractivity contribution in [3.63, 3.8) is 0 Å². The summed E-state index contributed by atoms with van der Waals surface area (Å²) in [6.45, 7) is 1.42. The van der Waals surface area contributed by atoms with Gasteiger partial charge in [-0.15, -0.1) is 0 Å². The van der Waals surface area contributed by atoms with Crippen LogP contribution in [0, 0.1) is 11.8 Å². The third kappa shape index (κ3) is 4.49. The predicted molar refractivity (Wildman–Crippen MR) is 62.0 cm³/mol. The fourth-order valence-electron chi connectivity index (χ4n) is 2.32. The summed E-state index contributed by atoms with van der Waals surface area (Å²) in [6, 6.07) is 0. The minimum Gasteiger partial charge on any atom is -0.396 e. The van der Waals surface area contributed by atoms with Gasteiger partial charge in [-0.2, -0.15) is 0 Å². The molecule has 0 aromatic rings. The van der Waals surface area contributed by atoms with Gasteiger partial charge in [-0.05, 0) is 24.7 Å². The molecule has 0 aromatic carbocycles. The average molecular weight is 229 g/mol. The normalized spacial score (nSPS) is 25.4. The van der Waals surface area contributed by atoms with Crippen molar-refractivity contribution in [1.29, 1.82) is 0 Å². The Morgan fingerprint density at radius 1 is 1.38 bits per heavy atom. The fraction of sp³-hybridized carbons (Fsp3) is 0.917. The van der Waals surface area contributed by atoms with Crippen LogP contribution in [0.4, 0.5) is 0 Å². The summed E-state index contributed by atoms with van der Waals surface area (Å²) in [5.74, 6) is 0.867. The quantitative estimate of drug-likeness (QED) is 0.712. The second-order valence-corrected chi connectivity index (χ2v) is 4.53. The van der Waals surface area contributed by atoms with E-state index >= 15 is 0 Å². The third-order valence-corrected chi connectivity index (χ3v) is 3.40. The first kappa shape index (κ1) is 13.5. The molecule has 1 saturated carbocycles. The molecule has 4 nitrogen and oxygen atoms in total. The topological polar surface area (TPSA) is 58.6 Å². The molecule has 0 aromatic heterocycles. The average Bonchev–Trinajstić information content (AvgIpc) is 2.34. The number of aliphatic hydroxyl groups excluding tert-OH is 1. The Morgan fingerprint density at radius 2 is 2.06 bits per heavy atom. The zero-order valence-corrected chi connectivity index (χ0v) is 10.1. The van der Waals surface area contributed by atoms with Gasteiger partial charge < -0.3 is 15.2 Å². The predicted octanol–water partition coefficient (Wildman–Crippen LogP) is 0.938. The molecule has 0 heterocycles. The summed E-state index contributed by atoms with van der Waals surface area (Å²) >= 11 is 0. The molecular weight excluding hydrogens is 206 g/mol. The summed E-state index contributed by atoms with van der Waals surface area (Å²) in [7, 11) is 1.59. The third-order valence-electron chi connectivity index (χ3n) is 3.40. The number of carbonyl (C=O) groups is 1. The SMILES string of the molecule is COCCC(=O)NCC1CCCCC1CO. The fourth-order valence-corrected chi connectivity index (χ4v) is 2.32. The monoisotopic (exact) mass is 229 g/mol. The lowest BCUT2D eigenvalue weighted by atomic mass is 9.79. The molecule has 1 aliphatic rings. The van der Waals surface area contributed by atoms with E-state index in [-0.39, 0.29) is 12.5 Å². The van der Waals surface area contributed by atoms with Gasteiger partial charge >= 0.3 is 0 Å². The van der Waals surface area contributed by atoms with Crippen molar-refractivity contribution in [2.45, 2.75) is 32.1 Å². The standard InChI is InChI=1S/C12H23NO3/c1-16-7-6-12(15)13-8-10-4-2-3-5-11(10)9-14/h10-11,14H,2-9H2,1H3,(H,13,15). The van der Waals surface area contributed by atoms with E-state index in [1.807, 2.05) is 0 Å². The Hall–Kier alpha value is -0.610. The molecule has 0 radical (unpaired) electrons. The lowest BCUT2D eigenvalue weighted by Gasteiger charge is -2.30. The minimum atomic E-state index is 0.0455. The van der Waals surface area contributed by atoms with Crippen molar-refractivity contribution in [2.24, 2.45) is 11.8 Å². The summed E-state index contributed by atoms with van der Waals surface area (Å²) < 4.78 is 4.85. The maximum Gasteiger partial charge on any atom is 0.222 e. The van der Waals surface area contributed by atoms with Gasteiger partial charge in [0, 0.05) is 26.7 Å². The first-order valence-corrected chi connectivity index (χ1v) is 6.14. The Morgan fingerprint density at radius 3 is 2.69 bits per heavy atom. The van der Waals surface area contributed by atoms with Crippen molar-refractivity contribution in [3.8, 4) is 0 Å². The summed E-state index contributed by atoms with van der Waals surface area (Å²) in [4.78, 5) is 11.4. The van der Waals surface area contributed by atoms with E-state index in [1.165, 1.54) is 12.8 Å². The van der Waals surface area contributed by atoms with E-state index in [9.17, 15) is 9.90 Å². The Balaban J connectivity index is 2.21. The molecule has 16 heavy (non-hydrogen) atoms. The molecule has 0 aliphatic heterocycles. The molecule has 0 spiro atoms. The van der Waals surface area contributed by atoms with Crippen LogP contribution in [-0.2, 0) is 9.53 Å². The summed E-state index contributed by atoms with van der Waals surface area (Å²) in [6.07, 6.45) is 5.06. The van der Waals surface area contributed by atoms with Crippen molar-refractivity contribution < 1.29 is 14.6 Å². The van der Waals surface area contributed by atoms with Gasteiger partial charge in [0.2, 0.25) is 5.91 Å². The van der Waals surface area contributed by atoms with E-state index in [4.69, 9.17) is 4.74 Å². The van der Waals surface area contributed by atoms with Crippen molar-refractivity contribution in [3.05, 3.63) is 0 Å². The number of nitrogens with one attached hydrogen (secondary N) is 1. The lowest BCUT2D eigenvalue weighted by molar-refractivity contribution is -0.122. The number of amides is 1. The van der Waals surface area contributed by atoms with Crippen LogP contribution in [0.5, 0.6) is 0 Å². The second-order valence-electron chi connectivity index (χ2n) is 4.53. The molecule has 0 bridgehead atoms. The first-order valence-electron chi connectivity index (χ1n) is 6.14. The summed E-state index contributed by atoms with van der Waals surface area (Å²) in [5, 5.41) is 12.2. The van der Waals surface area contributed by atoms with Crippen LogP contribution >= 0.6 is 0 Å². The zero-order valence-electron chi connectivity index (χ0n) is 10.1. The highest BCUT2D eigenvalue weighted by atomic mass is 16.5. The van der Waals surface area contributed by atoms with Gasteiger partial charge in [0.15, 0.2) is 0 Å². The van der Waals surface area contributed by atoms with Gasteiger partial charge in [-0.1, -0.05) is 12.8 Å². The zero-order chi connectivity index (χ0) is 11.8. The van der Waals surface area contributed by atoms with Crippen LogP contribution < -0.4 is 5.32 Å². The summed E-state index contributed by atoms with van der Waals surface area (Å²) in [5.41, 5.74) is 0. The van der Waals surface area contributed by atoms with Gasteiger partial charge in [-0.3, -0.25) is 4.79 Å². The number of hydrogen-bond acceptors (Lipinski definition) is 3. The molecule has 94 valence electrons. The Kier molecular flexibility index (Phi) is 6.42. The lowest BCUT2D eigenvalue weighted by Crippen LogP contribution is -2.35. The molecule has 2 N–H and O–H groups in total. The Bertz CT molecular complexity index is 208. The van der Waals surface area contributed by atoms with E-state index in [1.54, 1.807) is 7.11 Å². The van der Waals surface area contributed by atoms with Crippen LogP contribution in [-0.4, -0.2) is 37.9 Å². The molecule has 1 aliphatic carbocycles. The maximum absolute atomic E-state index is 11.4. The number of carbonyl (C=O) groups excluding carboxylic acids is 1. The highest BCUT2D eigenvalue weighted by Gasteiger charge is 2.24. The molecule has 1 fully saturated rings. The highest BCUT2D eigenvalue weighted by Crippen LogP contribution is 2.28. The van der Waals surface area contributed by atoms with E-state index in [0.717, 1.165) is 12.8 Å². The van der Waals surface area contributed by atoms with Crippen LogP contribution in [0.3, 0.4) is 0 Å². The molecule has 1 amide bonds. The number of aliphatic hydroxyl groups is 1. The molecular formula is C12H23NO3. The van der Waals surface area contributed by atoms with E-state index < -0.39 is 0 Å². The number of hydrogen-bond donors (Lipinski definition) is 2. The van der Waals surface area contributed by atoms with Crippen LogP contribution in [0.25, 0.3) is 0 Å². The Labute approximate surface area is 97.4 Å². The van der Waals surface area contributed by atoms with E-state index in [2.05, 4.69) is 5.32 Å². The van der Waals surface area contributed by atoms with Crippen molar-refractivity contribution >= 4 is 5.91 Å². The molecule has 2 atom stereocenters. The van der Waals surface area contributed by atoms with Crippen molar-refractivity contribution in [2.75, 3.05) is 26.9 Å². The van der Waals surface area contributed by atoms with Gasteiger partial charge in [-0.25, -0.2) is 0 Å². The molecule has 4 heteroatoms. The number of rotatable bonds is 6. The highest BCUT2D eigenvalue weighted by molar-refractivity contribution is 5.75. The van der Waals surface area contributed by atoms with Gasteiger partial charge in [0.25, 0.3) is 0 Å². The van der Waals surface area contributed by atoms with Crippen LogP contribution in [0.15, 0.2) is 0 Å². The van der Waals surface area contributed by atoms with Crippen LogP contribution in [0.2, 0.25) is 0 Å². The van der Waals surface area contributed by atoms with Crippen molar-refractivity contribution in [1.82, 2.24) is 5.32 Å². The molecule has 1 rings (SSSR count). The second kappa shape index (κ2) is 7.63.